The Hall–Kier alpha value is -2.27. The topological polar surface area (TPSA) is 62.6 Å². The van der Waals surface area contributed by atoms with Gasteiger partial charge in [-0.25, -0.2) is 0 Å². The van der Waals surface area contributed by atoms with Gasteiger partial charge in [0.15, 0.2) is 0 Å². The summed E-state index contributed by atoms with van der Waals surface area (Å²) in [5.74, 6) is -0.0853. The van der Waals surface area contributed by atoms with Crippen LogP contribution in [0.15, 0.2) is 47.3 Å². The number of amides is 2. The average molecular weight is 361 g/mol. The van der Waals surface area contributed by atoms with E-state index < -0.39 is 0 Å². The molecule has 0 saturated carbocycles. The Kier molecular flexibility index (Phi) is 5.43. The number of halogens is 1. The van der Waals surface area contributed by atoms with E-state index in [4.69, 9.17) is 16.0 Å². The summed E-state index contributed by atoms with van der Waals surface area (Å²) in [4.78, 5) is 26.6. The Morgan fingerprint density at radius 1 is 1.28 bits per heavy atom. The molecule has 1 unspecified atom stereocenters. The molecule has 1 aromatic carbocycles. The van der Waals surface area contributed by atoms with Gasteiger partial charge in [0.2, 0.25) is 5.91 Å². The highest BCUT2D eigenvalue weighted by molar-refractivity contribution is 6.30. The van der Waals surface area contributed by atoms with Gasteiger partial charge in [-0.2, -0.15) is 0 Å². The zero-order chi connectivity index (χ0) is 17.8. The van der Waals surface area contributed by atoms with Gasteiger partial charge in [0.25, 0.3) is 5.91 Å². The number of carbonyl (C=O) groups excluding carboxylic acids is 2. The molecule has 1 atom stereocenters. The van der Waals surface area contributed by atoms with Gasteiger partial charge in [-0.05, 0) is 43.5 Å². The number of furan rings is 1. The van der Waals surface area contributed by atoms with Crippen molar-refractivity contribution in [3.8, 4) is 0 Å². The molecule has 6 heteroatoms. The monoisotopic (exact) mass is 360 g/mol. The van der Waals surface area contributed by atoms with Crippen LogP contribution in [0.1, 0.15) is 41.7 Å². The van der Waals surface area contributed by atoms with E-state index >= 15 is 0 Å². The highest BCUT2D eigenvalue weighted by Gasteiger charge is 2.28. The van der Waals surface area contributed by atoms with Gasteiger partial charge in [-0.15, -0.1) is 0 Å². The summed E-state index contributed by atoms with van der Waals surface area (Å²) in [6, 6.07) is 9.05. The molecule has 25 heavy (non-hydrogen) atoms. The van der Waals surface area contributed by atoms with E-state index in [1.807, 2.05) is 31.2 Å². The van der Waals surface area contributed by atoms with Crippen LogP contribution >= 0.6 is 11.6 Å². The second-order valence-electron chi connectivity index (χ2n) is 6.36. The van der Waals surface area contributed by atoms with Gasteiger partial charge in [0.1, 0.15) is 6.26 Å². The third-order valence-electron chi connectivity index (χ3n) is 4.63. The van der Waals surface area contributed by atoms with E-state index in [1.54, 1.807) is 11.0 Å². The van der Waals surface area contributed by atoms with Crippen molar-refractivity contribution in [2.75, 3.05) is 13.1 Å². The van der Waals surface area contributed by atoms with Gasteiger partial charge < -0.3 is 14.6 Å². The SMILES string of the molecule is CC(NC(=O)C1CCN(C(=O)c2ccoc2)CC1)c1cccc(Cl)c1. The van der Waals surface area contributed by atoms with Crippen LogP contribution in [0.25, 0.3) is 0 Å². The molecular weight excluding hydrogens is 340 g/mol. The summed E-state index contributed by atoms with van der Waals surface area (Å²) in [6.45, 7) is 3.10. The summed E-state index contributed by atoms with van der Waals surface area (Å²) >= 11 is 6.01. The van der Waals surface area contributed by atoms with Crippen molar-refractivity contribution in [2.45, 2.75) is 25.8 Å². The number of nitrogens with zero attached hydrogens (tertiary/aromatic N) is 1. The number of hydrogen-bond donors (Lipinski definition) is 1. The first kappa shape index (κ1) is 17.5. The van der Waals surface area contributed by atoms with Crippen molar-refractivity contribution >= 4 is 23.4 Å². The Bertz CT molecular complexity index is 737. The standard InChI is InChI=1S/C19H21ClN2O3/c1-13(15-3-2-4-17(20)11-15)21-18(23)14-5-8-22(9-6-14)19(24)16-7-10-25-12-16/h2-4,7,10-14H,5-6,8-9H2,1H3,(H,21,23). The fraction of sp³-hybridized carbons (Fsp3) is 0.368. The highest BCUT2D eigenvalue weighted by atomic mass is 35.5. The molecule has 0 aliphatic carbocycles. The lowest BCUT2D eigenvalue weighted by Crippen LogP contribution is -2.43. The predicted octanol–water partition coefficient (Wildman–Crippen LogP) is 3.66. The Morgan fingerprint density at radius 2 is 2.04 bits per heavy atom. The van der Waals surface area contributed by atoms with E-state index in [2.05, 4.69) is 5.32 Å². The Labute approximate surface area is 151 Å². The summed E-state index contributed by atoms with van der Waals surface area (Å²) in [7, 11) is 0. The molecule has 1 fully saturated rings. The van der Waals surface area contributed by atoms with E-state index in [0.717, 1.165) is 5.56 Å². The smallest absolute Gasteiger partial charge is 0.257 e. The summed E-state index contributed by atoms with van der Waals surface area (Å²) in [5.41, 5.74) is 1.53. The maximum absolute atomic E-state index is 12.5. The van der Waals surface area contributed by atoms with Crippen LogP contribution in [-0.4, -0.2) is 29.8 Å². The molecule has 1 N–H and O–H groups in total. The molecular formula is C19H21ClN2O3. The van der Waals surface area contributed by atoms with Crippen LogP contribution in [0, 0.1) is 5.92 Å². The summed E-state index contributed by atoms with van der Waals surface area (Å²) in [5, 5.41) is 3.71. The predicted molar refractivity (Wildman–Crippen MR) is 95.3 cm³/mol. The van der Waals surface area contributed by atoms with Gasteiger partial charge >= 0.3 is 0 Å². The summed E-state index contributed by atoms with van der Waals surface area (Å²) < 4.78 is 4.96. The first-order valence-corrected chi connectivity index (χ1v) is 8.79. The molecule has 2 aromatic rings. The third kappa shape index (κ3) is 4.23. The van der Waals surface area contributed by atoms with Gasteiger partial charge in [-0.1, -0.05) is 23.7 Å². The van der Waals surface area contributed by atoms with Crippen LogP contribution in [0.5, 0.6) is 0 Å². The van der Waals surface area contributed by atoms with Crippen LogP contribution in [-0.2, 0) is 4.79 Å². The highest BCUT2D eigenvalue weighted by Crippen LogP contribution is 2.22. The van der Waals surface area contributed by atoms with Crippen LogP contribution in [0.3, 0.4) is 0 Å². The van der Waals surface area contributed by atoms with Gasteiger partial charge in [0.05, 0.1) is 17.9 Å². The molecule has 1 aromatic heterocycles. The van der Waals surface area contributed by atoms with Crippen molar-refractivity contribution < 1.29 is 14.0 Å². The molecule has 1 saturated heterocycles. The minimum atomic E-state index is -0.100. The zero-order valence-electron chi connectivity index (χ0n) is 14.1. The number of nitrogens with one attached hydrogen (secondary N) is 1. The van der Waals surface area contributed by atoms with Crippen molar-refractivity contribution in [2.24, 2.45) is 5.92 Å². The molecule has 2 heterocycles. The van der Waals surface area contributed by atoms with E-state index in [9.17, 15) is 9.59 Å². The quantitative estimate of drug-likeness (QED) is 0.905. The van der Waals surface area contributed by atoms with Crippen molar-refractivity contribution in [3.05, 3.63) is 59.0 Å². The molecule has 0 spiro atoms. The van der Waals surface area contributed by atoms with E-state index in [0.29, 0.717) is 36.5 Å². The molecule has 0 radical (unpaired) electrons. The number of likely N-dealkylation sites (tertiary alicyclic amines) is 1. The summed E-state index contributed by atoms with van der Waals surface area (Å²) in [6.07, 6.45) is 4.27. The molecule has 3 rings (SSSR count). The largest absolute Gasteiger partial charge is 0.472 e. The van der Waals surface area contributed by atoms with Crippen molar-refractivity contribution in [3.63, 3.8) is 0 Å². The number of hydrogen-bond acceptors (Lipinski definition) is 3. The molecule has 132 valence electrons. The van der Waals surface area contributed by atoms with Crippen LogP contribution in [0.4, 0.5) is 0 Å². The molecule has 0 bridgehead atoms. The lowest BCUT2D eigenvalue weighted by Gasteiger charge is -2.31. The first-order chi connectivity index (χ1) is 12.0. The number of rotatable bonds is 4. The fourth-order valence-electron chi connectivity index (χ4n) is 3.10. The maximum atomic E-state index is 12.5. The Balaban J connectivity index is 1.52. The van der Waals surface area contributed by atoms with Crippen molar-refractivity contribution in [1.29, 1.82) is 0 Å². The lowest BCUT2D eigenvalue weighted by molar-refractivity contribution is -0.126. The molecule has 5 nitrogen and oxygen atoms in total. The molecule has 1 aliphatic heterocycles. The van der Waals surface area contributed by atoms with Crippen LogP contribution in [0.2, 0.25) is 5.02 Å². The zero-order valence-corrected chi connectivity index (χ0v) is 14.8. The number of carbonyl (C=O) groups is 2. The minimum absolute atomic E-state index is 0.0304. The molecule has 1 aliphatic rings. The maximum Gasteiger partial charge on any atom is 0.257 e. The van der Waals surface area contributed by atoms with E-state index in [-0.39, 0.29) is 23.8 Å². The minimum Gasteiger partial charge on any atom is -0.472 e. The number of benzene rings is 1. The average Bonchev–Trinajstić information content (AvgIpc) is 3.16. The number of piperidine rings is 1. The van der Waals surface area contributed by atoms with Crippen LogP contribution < -0.4 is 5.32 Å². The third-order valence-corrected chi connectivity index (χ3v) is 4.86. The second-order valence-corrected chi connectivity index (χ2v) is 6.80. The van der Waals surface area contributed by atoms with Crippen molar-refractivity contribution in [1.82, 2.24) is 10.2 Å². The molecule has 2 amide bonds. The van der Waals surface area contributed by atoms with Gasteiger partial charge in [0, 0.05) is 24.0 Å². The first-order valence-electron chi connectivity index (χ1n) is 8.42. The lowest BCUT2D eigenvalue weighted by atomic mass is 9.95. The normalized spacial score (nSPS) is 16.5. The van der Waals surface area contributed by atoms with E-state index in [1.165, 1.54) is 12.5 Å². The van der Waals surface area contributed by atoms with Gasteiger partial charge in [-0.3, -0.25) is 9.59 Å². The Morgan fingerprint density at radius 3 is 2.68 bits per heavy atom. The fourth-order valence-corrected chi connectivity index (χ4v) is 3.30. The second kappa shape index (κ2) is 7.74.